The van der Waals surface area contributed by atoms with Gasteiger partial charge in [0, 0.05) is 12.1 Å². The molecule has 0 spiro atoms. The van der Waals surface area contributed by atoms with E-state index in [2.05, 4.69) is 0 Å². The number of fused-ring (bicyclic) bond motifs is 1. The lowest BCUT2D eigenvalue weighted by molar-refractivity contribution is -0.301. The summed E-state index contributed by atoms with van der Waals surface area (Å²) in [7, 11) is 0. The molecule has 2 aromatic heterocycles. The van der Waals surface area contributed by atoms with E-state index < -0.39 is 12.0 Å². The Bertz CT molecular complexity index is 572. The van der Waals surface area contributed by atoms with Crippen molar-refractivity contribution in [2.75, 3.05) is 6.61 Å². The SMILES string of the molecule is CCOOCc1cc2occc2n1COC(=O)C(C)N. The first-order chi connectivity index (χ1) is 9.63. The second-order valence-electron chi connectivity index (χ2n) is 4.28. The normalized spacial score (nSPS) is 12.8. The maximum absolute atomic E-state index is 11.4. The Hall–Kier alpha value is -1.83. The highest BCUT2D eigenvalue weighted by molar-refractivity contribution is 5.76. The lowest BCUT2D eigenvalue weighted by Gasteiger charge is -2.12. The van der Waals surface area contributed by atoms with E-state index in [1.807, 2.05) is 13.0 Å². The van der Waals surface area contributed by atoms with E-state index >= 15 is 0 Å². The number of furan rings is 1. The van der Waals surface area contributed by atoms with E-state index in [-0.39, 0.29) is 13.3 Å². The van der Waals surface area contributed by atoms with E-state index in [0.717, 1.165) is 11.2 Å². The highest BCUT2D eigenvalue weighted by Crippen LogP contribution is 2.22. The summed E-state index contributed by atoms with van der Waals surface area (Å²) in [5.74, 6) is -0.466. The Balaban J connectivity index is 2.13. The van der Waals surface area contributed by atoms with Crippen LogP contribution >= 0.6 is 0 Å². The number of nitrogens with two attached hydrogens (primary N) is 1. The van der Waals surface area contributed by atoms with Crippen LogP contribution in [-0.2, 0) is 32.6 Å². The summed E-state index contributed by atoms with van der Waals surface area (Å²) in [5.41, 5.74) is 7.75. The zero-order valence-corrected chi connectivity index (χ0v) is 11.5. The molecule has 0 aliphatic carbocycles. The van der Waals surface area contributed by atoms with Gasteiger partial charge in [-0.25, -0.2) is 9.78 Å². The molecule has 7 heteroatoms. The zero-order chi connectivity index (χ0) is 14.5. The molecule has 0 amide bonds. The van der Waals surface area contributed by atoms with Gasteiger partial charge in [-0.3, -0.25) is 4.79 Å². The third-order valence-corrected chi connectivity index (χ3v) is 2.72. The van der Waals surface area contributed by atoms with Crippen LogP contribution in [0.5, 0.6) is 0 Å². The van der Waals surface area contributed by atoms with Gasteiger partial charge in [0.25, 0.3) is 0 Å². The molecule has 0 radical (unpaired) electrons. The number of carbonyl (C=O) groups excluding carboxylic acids is 1. The predicted octanol–water partition coefficient (Wildman–Crippen LogP) is 1.55. The van der Waals surface area contributed by atoms with Crippen LogP contribution in [0.1, 0.15) is 19.5 Å². The average Bonchev–Trinajstić information content (AvgIpc) is 2.97. The maximum atomic E-state index is 11.4. The molecule has 110 valence electrons. The fourth-order valence-electron chi connectivity index (χ4n) is 1.75. The van der Waals surface area contributed by atoms with Crippen molar-refractivity contribution in [2.24, 2.45) is 5.73 Å². The summed E-state index contributed by atoms with van der Waals surface area (Å²) >= 11 is 0. The van der Waals surface area contributed by atoms with E-state index in [4.69, 9.17) is 24.7 Å². The lowest BCUT2D eigenvalue weighted by Crippen LogP contribution is -2.29. The van der Waals surface area contributed by atoms with E-state index in [1.165, 1.54) is 0 Å². The predicted molar refractivity (Wildman–Crippen MR) is 70.4 cm³/mol. The number of hydrogen-bond donors (Lipinski definition) is 1. The second kappa shape index (κ2) is 6.56. The number of rotatable bonds is 7. The van der Waals surface area contributed by atoms with E-state index in [9.17, 15) is 4.79 Å². The molecule has 0 fully saturated rings. The minimum Gasteiger partial charge on any atom is -0.463 e. The minimum atomic E-state index is -0.659. The van der Waals surface area contributed by atoms with Gasteiger partial charge in [-0.05, 0) is 13.8 Å². The summed E-state index contributed by atoms with van der Waals surface area (Å²) in [6.45, 7) is 4.14. The first-order valence-corrected chi connectivity index (χ1v) is 6.35. The fourth-order valence-corrected chi connectivity index (χ4v) is 1.75. The van der Waals surface area contributed by atoms with Gasteiger partial charge in [0.2, 0.25) is 0 Å². The Labute approximate surface area is 116 Å². The highest BCUT2D eigenvalue weighted by atomic mass is 17.2. The van der Waals surface area contributed by atoms with Crippen LogP contribution in [0.15, 0.2) is 22.8 Å². The summed E-state index contributed by atoms with van der Waals surface area (Å²) in [5, 5.41) is 0. The van der Waals surface area contributed by atoms with Crippen molar-refractivity contribution < 1.29 is 23.7 Å². The molecule has 1 atom stereocenters. The molecule has 0 saturated carbocycles. The minimum absolute atomic E-state index is 0.0498. The molecule has 2 aromatic rings. The lowest BCUT2D eigenvalue weighted by atomic mass is 10.4. The van der Waals surface area contributed by atoms with Crippen molar-refractivity contribution in [3.63, 3.8) is 0 Å². The molecule has 2 heterocycles. The summed E-state index contributed by atoms with van der Waals surface area (Å²) < 4.78 is 12.2. The molecule has 1 unspecified atom stereocenters. The molecule has 7 nitrogen and oxygen atoms in total. The smallest absolute Gasteiger partial charge is 0.324 e. The molecule has 0 bridgehead atoms. The molecule has 20 heavy (non-hydrogen) atoms. The topological polar surface area (TPSA) is 88.9 Å². The van der Waals surface area contributed by atoms with Crippen LogP contribution in [0.4, 0.5) is 0 Å². The molecule has 0 aliphatic rings. The largest absolute Gasteiger partial charge is 0.463 e. The first kappa shape index (κ1) is 14.6. The summed E-state index contributed by atoms with van der Waals surface area (Å²) in [6, 6.07) is 2.95. The number of aromatic nitrogens is 1. The van der Waals surface area contributed by atoms with Crippen LogP contribution < -0.4 is 5.73 Å². The van der Waals surface area contributed by atoms with Crippen LogP contribution in [0, 0.1) is 0 Å². The van der Waals surface area contributed by atoms with Gasteiger partial charge < -0.3 is 19.5 Å². The quantitative estimate of drug-likeness (QED) is 0.359. The maximum Gasteiger partial charge on any atom is 0.324 e. The monoisotopic (exact) mass is 282 g/mol. The number of hydrogen-bond acceptors (Lipinski definition) is 6. The van der Waals surface area contributed by atoms with E-state index in [1.54, 1.807) is 23.8 Å². The number of nitrogens with zero attached hydrogens (tertiary/aromatic N) is 1. The molecule has 0 aliphatic heterocycles. The third kappa shape index (κ3) is 3.19. The fraction of sp³-hybridized carbons (Fsp3) is 0.462. The Morgan fingerprint density at radius 3 is 3.00 bits per heavy atom. The van der Waals surface area contributed by atoms with Gasteiger partial charge in [-0.15, -0.1) is 0 Å². The van der Waals surface area contributed by atoms with Crippen LogP contribution in [0.3, 0.4) is 0 Å². The van der Waals surface area contributed by atoms with Gasteiger partial charge in [-0.1, -0.05) is 0 Å². The van der Waals surface area contributed by atoms with Crippen LogP contribution in [0.25, 0.3) is 11.1 Å². The summed E-state index contributed by atoms with van der Waals surface area (Å²) in [6.07, 6.45) is 1.57. The van der Waals surface area contributed by atoms with Gasteiger partial charge in [0.15, 0.2) is 12.3 Å². The van der Waals surface area contributed by atoms with Crippen molar-refractivity contribution in [3.05, 3.63) is 24.1 Å². The molecular weight excluding hydrogens is 264 g/mol. The van der Waals surface area contributed by atoms with Gasteiger partial charge in [-0.2, -0.15) is 0 Å². The van der Waals surface area contributed by atoms with Crippen LogP contribution in [-0.4, -0.2) is 23.2 Å². The van der Waals surface area contributed by atoms with Gasteiger partial charge >= 0.3 is 5.97 Å². The molecule has 0 aromatic carbocycles. The molecular formula is C13H18N2O5. The van der Waals surface area contributed by atoms with Crippen molar-refractivity contribution >= 4 is 17.1 Å². The number of esters is 1. The van der Waals surface area contributed by atoms with Gasteiger partial charge in [0.1, 0.15) is 12.6 Å². The Morgan fingerprint density at radius 1 is 1.50 bits per heavy atom. The molecule has 2 rings (SSSR count). The summed E-state index contributed by atoms with van der Waals surface area (Å²) in [4.78, 5) is 21.3. The first-order valence-electron chi connectivity index (χ1n) is 6.35. The van der Waals surface area contributed by atoms with Crippen molar-refractivity contribution in [1.29, 1.82) is 0 Å². The highest BCUT2D eigenvalue weighted by Gasteiger charge is 2.14. The zero-order valence-electron chi connectivity index (χ0n) is 11.5. The van der Waals surface area contributed by atoms with Crippen molar-refractivity contribution in [2.45, 2.75) is 33.2 Å². The van der Waals surface area contributed by atoms with Crippen LogP contribution in [0.2, 0.25) is 0 Å². The average molecular weight is 282 g/mol. The third-order valence-electron chi connectivity index (χ3n) is 2.72. The molecule has 2 N–H and O–H groups in total. The Morgan fingerprint density at radius 2 is 2.30 bits per heavy atom. The number of ether oxygens (including phenoxy) is 1. The standard InChI is InChI=1S/C13H18N2O5/c1-3-19-20-7-10-6-12-11(4-5-17-12)15(10)8-18-13(16)9(2)14/h4-6,9H,3,7-8,14H2,1-2H3. The Kier molecular flexibility index (Phi) is 4.78. The molecule has 0 saturated heterocycles. The van der Waals surface area contributed by atoms with E-state index in [0.29, 0.717) is 12.2 Å². The van der Waals surface area contributed by atoms with Crippen molar-refractivity contribution in [1.82, 2.24) is 4.57 Å². The van der Waals surface area contributed by atoms with Crippen molar-refractivity contribution in [3.8, 4) is 0 Å². The second-order valence-corrected chi connectivity index (χ2v) is 4.28. The van der Waals surface area contributed by atoms with Gasteiger partial charge in [0.05, 0.1) is 24.1 Å². The number of carbonyl (C=O) groups is 1.